The number of nitrogens with one attached hydrogen (secondary N) is 1. The van der Waals surface area contributed by atoms with Crippen molar-refractivity contribution in [2.75, 3.05) is 33.0 Å². The van der Waals surface area contributed by atoms with Crippen LogP contribution in [0.2, 0.25) is 0 Å². The molecule has 4 atom stereocenters. The number of hydrogen-bond acceptors (Lipinski definition) is 6. The number of ether oxygens (including phenoxy) is 2. The lowest BCUT2D eigenvalue weighted by molar-refractivity contribution is -0.221. The van der Waals surface area contributed by atoms with Crippen LogP contribution in [0, 0.1) is 11.8 Å². The van der Waals surface area contributed by atoms with Crippen molar-refractivity contribution < 1.29 is 14.6 Å². The number of aromatic amines is 1. The normalized spacial score (nSPS) is 38.1. The Labute approximate surface area is 136 Å². The van der Waals surface area contributed by atoms with Crippen molar-refractivity contribution in [2.24, 2.45) is 11.8 Å². The molecule has 2 N–H and O–H groups in total. The van der Waals surface area contributed by atoms with Gasteiger partial charge in [-0.05, 0) is 6.42 Å². The van der Waals surface area contributed by atoms with Crippen molar-refractivity contribution in [1.82, 2.24) is 20.1 Å². The van der Waals surface area contributed by atoms with E-state index in [-0.39, 0.29) is 11.8 Å². The fourth-order valence-corrected chi connectivity index (χ4v) is 4.51. The van der Waals surface area contributed by atoms with E-state index in [1.165, 1.54) is 0 Å². The monoisotopic (exact) mass is 322 g/mol. The third kappa shape index (κ3) is 2.69. The molecule has 7 nitrogen and oxygen atoms in total. The van der Waals surface area contributed by atoms with Crippen LogP contribution in [0.4, 0.5) is 0 Å². The number of piperidine rings is 1. The maximum Gasteiger partial charge on any atom is 0.150 e. The molecule has 3 saturated heterocycles. The molecule has 0 amide bonds. The highest BCUT2D eigenvalue weighted by atomic mass is 16.5. The SMILES string of the molecule is CCc1n[nH]c(CN2C[C@@H]3COCC[C@]3(O)[C@H]3COCC[C@H]32)n1. The molecule has 3 aliphatic heterocycles. The molecule has 0 aromatic carbocycles. The Hall–Kier alpha value is -1.02. The third-order valence-electron chi connectivity index (χ3n) is 5.81. The Morgan fingerprint density at radius 2 is 2.22 bits per heavy atom. The number of aryl methyl sites for hydroxylation is 1. The Kier molecular flexibility index (Phi) is 4.13. The van der Waals surface area contributed by atoms with Crippen molar-refractivity contribution in [3.63, 3.8) is 0 Å². The number of hydrogen-bond donors (Lipinski definition) is 2. The molecule has 3 fully saturated rings. The van der Waals surface area contributed by atoms with Gasteiger partial charge in [-0.25, -0.2) is 4.98 Å². The van der Waals surface area contributed by atoms with Crippen LogP contribution in [0.15, 0.2) is 0 Å². The molecule has 0 radical (unpaired) electrons. The van der Waals surface area contributed by atoms with Gasteiger partial charge in [-0.1, -0.05) is 6.92 Å². The lowest BCUT2D eigenvalue weighted by Crippen LogP contribution is -2.67. The van der Waals surface area contributed by atoms with Gasteiger partial charge in [0.25, 0.3) is 0 Å². The first-order valence-corrected chi connectivity index (χ1v) is 8.72. The van der Waals surface area contributed by atoms with Crippen LogP contribution in [0.1, 0.15) is 31.4 Å². The van der Waals surface area contributed by atoms with E-state index >= 15 is 0 Å². The van der Waals surface area contributed by atoms with Gasteiger partial charge in [0.2, 0.25) is 0 Å². The second-order valence-electron chi connectivity index (χ2n) is 7.03. The lowest BCUT2D eigenvalue weighted by atomic mass is 9.66. The van der Waals surface area contributed by atoms with Gasteiger partial charge in [-0.2, -0.15) is 5.10 Å². The highest BCUT2D eigenvalue weighted by Gasteiger charge is 2.55. The minimum absolute atomic E-state index is 0.146. The van der Waals surface area contributed by atoms with Crippen molar-refractivity contribution >= 4 is 0 Å². The summed E-state index contributed by atoms with van der Waals surface area (Å²) in [6, 6.07) is 0.346. The molecule has 7 heteroatoms. The van der Waals surface area contributed by atoms with E-state index in [2.05, 4.69) is 27.0 Å². The van der Waals surface area contributed by atoms with Crippen LogP contribution >= 0.6 is 0 Å². The zero-order valence-electron chi connectivity index (χ0n) is 13.7. The van der Waals surface area contributed by atoms with Gasteiger partial charge in [0, 0.05) is 50.5 Å². The predicted molar refractivity (Wildman–Crippen MR) is 82.8 cm³/mol. The second kappa shape index (κ2) is 6.12. The Morgan fingerprint density at radius 3 is 3.04 bits per heavy atom. The number of nitrogens with zero attached hydrogens (tertiary/aromatic N) is 3. The molecule has 1 aromatic heterocycles. The summed E-state index contributed by atoms with van der Waals surface area (Å²) in [6.45, 7) is 6.35. The van der Waals surface area contributed by atoms with Crippen molar-refractivity contribution in [2.45, 2.75) is 44.4 Å². The van der Waals surface area contributed by atoms with Crippen molar-refractivity contribution in [1.29, 1.82) is 0 Å². The second-order valence-corrected chi connectivity index (χ2v) is 7.03. The maximum absolute atomic E-state index is 11.3. The summed E-state index contributed by atoms with van der Waals surface area (Å²) in [5.41, 5.74) is -0.643. The van der Waals surface area contributed by atoms with Crippen molar-refractivity contribution in [3.05, 3.63) is 11.6 Å². The van der Waals surface area contributed by atoms with E-state index in [1.807, 2.05) is 0 Å². The Bertz CT molecular complexity index is 551. The van der Waals surface area contributed by atoms with Gasteiger partial charge in [0.1, 0.15) is 11.6 Å². The van der Waals surface area contributed by atoms with E-state index in [1.54, 1.807) is 0 Å². The maximum atomic E-state index is 11.3. The van der Waals surface area contributed by atoms with E-state index in [4.69, 9.17) is 9.47 Å². The summed E-state index contributed by atoms with van der Waals surface area (Å²) in [4.78, 5) is 6.99. The molecule has 0 spiro atoms. The standard InChI is InChI=1S/C16H26N4O3/c1-2-14-17-15(19-18-14)8-20-7-11-9-23-6-4-16(11,21)12-10-22-5-3-13(12)20/h11-13,21H,2-10H2,1H3,(H,17,18,19)/t11-,12+,13-,16-/m1/s1. The van der Waals surface area contributed by atoms with E-state index in [0.717, 1.165) is 50.6 Å². The molecule has 3 aliphatic rings. The number of fused-ring (bicyclic) bond motifs is 3. The smallest absolute Gasteiger partial charge is 0.150 e. The zero-order chi connectivity index (χ0) is 15.9. The van der Waals surface area contributed by atoms with Crippen LogP contribution in [0.25, 0.3) is 0 Å². The summed E-state index contributed by atoms with van der Waals surface area (Å²) in [5, 5.41) is 18.6. The molecule has 4 rings (SSSR count). The van der Waals surface area contributed by atoms with Crippen LogP contribution < -0.4 is 0 Å². The average molecular weight is 322 g/mol. The number of aromatic nitrogens is 3. The Balaban J connectivity index is 1.57. The molecule has 0 aliphatic carbocycles. The van der Waals surface area contributed by atoms with Crippen LogP contribution in [-0.4, -0.2) is 69.8 Å². The molecule has 0 bridgehead atoms. The molecule has 0 saturated carbocycles. The molecule has 0 unspecified atom stereocenters. The number of rotatable bonds is 3. The first-order chi connectivity index (χ1) is 11.2. The minimum Gasteiger partial charge on any atom is -0.389 e. The van der Waals surface area contributed by atoms with Crippen molar-refractivity contribution in [3.8, 4) is 0 Å². The molecule has 1 aromatic rings. The fraction of sp³-hybridized carbons (Fsp3) is 0.875. The van der Waals surface area contributed by atoms with Gasteiger partial charge < -0.3 is 14.6 Å². The topological polar surface area (TPSA) is 83.5 Å². The fourth-order valence-electron chi connectivity index (χ4n) is 4.51. The molecule has 128 valence electrons. The average Bonchev–Trinajstić information content (AvgIpc) is 3.03. The summed E-state index contributed by atoms with van der Waals surface area (Å²) in [6.07, 6.45) is 2.53. The van der Waals surface area contributed by atoms with Gasteiger partial charge in [0.15, 0.2) is 0 Å². The summed E-state index contributed by atoms with van der Waals surface area (Å²) >= 11 is 0. The van der Waals surface area contributed by atoms with Crippen LogP contribution in [-0.2, 0) is 22.4 Å². The summed E-state index contributed by atoms with van der Waals surface area (Å²) < 4.78 is 11.4. The van der Waals surface area contributed by atoms with Gasteiger partial charge in [-0.15, -0.1) is 0 Å². The van der Waals surface area contributed by atoms with Crippen LogP contribution in [0.5, 0.6) is 0 Å². The highest BCUT2D eigenvalue weighted by molar-refractivity contribution is 5.07. The third-order valence-corrected chi connectivity index (χ3v) is 5.81. The van der Waals surface area contributed by atoms with E-state index in [0.29, 0.717) is 25.9 Å². The molecule has 4 heterocycles. The minimum atomic E-state index is -0.643. The number of H-pyrrole nitrogens is 1. The van der Waals surface area contributed by atoms with E-state index < -0.39 is 5.60 Å². The van der Waals surface area contributed by atoms with Gasteiger partial charge in [0.05, 0.1) is 25.4 Å². The predicted octanol–water partition coefficient (Wildman–Crippen LogP) is 0.355. The van der Waals surface area contributed by atoms with Gasteiger partial charge >= 0.3 is 0 Å². The van der Waals surface area contributed by atoms with E-state index in [9.17, 15) is 5.11 Å². The van der Waals surface area contributed by atoms with Crippen LogP contribution in [0.3, 0.4) is 0 Å². The summed E-state index contributed by atoms with van der Waals surface area (Å²) in [5.74, 6) is 2.08. The molecule has 23 heavy (non-hydrogen) atoms. The zero-order valence-corrected chi connectivity index (χ0v) is 13.7. The molecular weight excluding hydrogens is 296 g/mol. The summed E-state index contributed by atoms with van der Waals surface area (Å²) in [7, 11) is 0. The first-order valence-electron chi connectivity index (χ1n) is 8.72. The number of aliphatic hydroxyl groups is 1. The largest absolute Gasteiger partial charge is 0.389 e. The first kappa shape index (κ1) is 15.5. The molecular formula is C16H26N4O3. The lowest BCUT2D eigenvalue weighted by Gasteiger charge is -2.57. The highest BCUT2D eigenvalue weighted by Crippen LogP contribution is 2.44. The van der Waals surface area contributed by atoms with Gasteiger partial charge in [-0.3, -0.25) is 10.00 Å². The number of likely N-dealkylation sites (tertiary alicyclic amines) is 1. The quantitative estimate of drug-likeness (QED) is 0.836. The Morgan fingerprint density at radius 1 is 1.35 bits per heavy atom.